The maximum Gasteiger partial charge on any atom is 0.220 e. The lowest BCUT2D eigenvalue weighted by Crippen LogP contribution is -2.26. The number of aliphatic hydroxyl groups excluding tert-OH is 1. The van der Waals surface area contributed by atoms with Gasteiger partial charge in [-0.05, 0) is 12.8 Å². The Bertz CT molecular complexity index is 401. The highest BCUT2D eigenvalue weighted by atomic mass is 19.1. The highest BCUT2D eigenvalue weighted by molar-refractivity contribution is 5.75. The number of amides is 1. The number of aliphatic hydroxyl groups is 1. The van der Waals surface area contributed by atoms with Crippen molar-refractivity contribution in [3.05, 3.63) is 35.1 Å². The monoisotopic (exact) mass is 261 g/mol. The zero-order valence-corrected chi connectivity index (χ0v) is 9.68. The minimum Gasteiger partial charge on any atom is -0.396 e. The molecule has 6 heteroatoms. The molecular weight excluding hydrogens is 247 g/mol. The van der Waals surface area contributed by atoms with E-state index < -0.39 is 17.5 Å². The van der Waals surface area contributed by atoms with Gasteiger partial charge in [0.25, 0.3) is 0 Å². The van der Waals surface area contributed by atoms with E-state index in [0.29, 0.717) is 18.6 Å². The summed E-state index contributed by atoms with van der Waals surface area (Å²) in [6.07, 6.45) is 0.443. The van der Waals surface area contributed by atoms with Crippen LogP contribution in [0.2, 0.25) is 0 Å². The molecule has 0 aliphatic carbocycles. The van der Waals surface area contributed by atoms with Crippen molar-refractivity contribution in [3.63, 3.8) is 0 Å². The van der Waals surface area contributed by atoms with E-state index in [2.05, 4.69) is 5.32 Å². The average Bonchev–Trinajstić information content (AvgIpc) is 2.29. The van der Waals surface area contributed by atoms with Crippen LogP contribution in [0.4, 0.5) is 13.2 Å². The van der Waals surface area contributed by atoms with Gasteiger partial charge in [-0.25, -0.2) is 13.2 Å². The van der Waals surface area contributed by atoms with E-state index in [0.717, 1.165) is 0 Å². The number of hydrogen-bond acceptors (Lipinski definition) is 2. The summed E-state index contributed by atoms with van der Waals surface area (Å²) in [6.45, 7) is -0.0294. The van der Waals surface area contributed by atoms with Gasteiger partial charge in [-0.2, -0.15) is 0 Å². The molecule has 0 aromatic heterocycles. The number of halogens is 3. The zero-order valence-electron chi connectivity index (χ0n) is 9.68. The maximum atomic E-state index is 13.2. The molecule has 1 aromatic rings. The summed E-state index contributed by atoms with van der Waals surface area (Å²) in [5, 5.41) is 11.0. The van der Waals surface area contributed by atoms with Crippen LogP contribution in [0, 0.1) is 17.5 Å². The molecule has 0 spiro atoms. The second-order valence-corrected chi connectivity index (χ2v) is 3.78. The molecule has 0 aliphatic rings. The molecule has 0 aliphatic heterocycles. The van der Waals surface area contributed by atoms with Crippen LogP contribution in [0.1, 0.15) is 18.4 Å². The van der Waals surface area contributed by atoms with Gasteiger partial charge in [-0.1, -0.05) is 0 Å². The Morgan fingerprint density at radius 2 is 1.83 bits per heavy atom. The SMILES string of the molecule is O=C(CCCO)NCCc1c(F)cc(F)cc1F. The number of carbonyl (C=O) groups excluding carboxylic acids is 1. The number of nitrogens with one attached hydrogen (secondary N) is 1. The molecule has 0 heterocycles. The predicted octanol–water partition coefficient (Wildman–Crippen LogP) is 1.54. The zero-order chi connectivity index (χ0) is 13.5. The first-order chi connectivity index (χ1) is 8.54. The van der Waals surface area contributed by atoms with E-state index >= 15 is 0 Å². The molecule has 1 aromatic carbocycles. The molecule has 0 radical (unpaired) electrons. The summed E-state index contributed by atoms with van der Waals surface area (Å²) in [4.78, 5) is 11.1. The van der Waals surface area contributed by atoms with Gasteiger partial charge in [-0.3, -0.25) is 4.79 Å². The molecule has 0 unspecified atom stereocenters. The Balaban J connectivity index is 2.47. The van der Waals surface area contributed by atoms with Gasteiger partial charge in [0, 0.05) is 37.3 Å². The summed E-state index contributed by atoms with van der Waals surface area (Å²) in [5.74, 6) is -3.19. The van der Waals surface area contributed by atoms with Crippen molar-refractivity contribution in [1.29, 1.82) is 0 Å². The molecular formula is C12H14F3NO2. The molecule has 0 bridgehead atoms. The third kappa shape index (κ3) is 4.37. The minimum absolute atomic E-state index is 0.0528. The van der Waals surface area contributed by atoms with Gasteiger partial charge in [0.2, 0.25) is 5.91 Å². The van der Waals surface area contributed by atoms with Crippen molar-refractivity contribution in [1.82, 2.24) is 5.32 Å². The van der Waals surface area contributed by atoms with E-state index in [9.17, 15) is 18.0 Å². The summed E-state index contributed by atoms with van der Waals surface area (Å²) < 4.78 is 39.0. The Hall–Kier alpha value is -1.56. The van der Waals surface area contributed by atoms with Crippen LogP contribution in [-0.2, 0) is 11.2 Å². The molecule has 18 heavy (non-hydrogen) atoms. The predicted molar refractivity (Wildman–Crippen MR) is 59.3 cm³/mol. The quantitative estimate of drug-likeness (QED) is 0.816. The molecule has 0 fully saturated rings. The van der Waals surface area contributed by atoms with Crippen molar-refractivity contribution in [3.8, 4) is 0 Å². The largest absolute Gasteiger partial charge is 0.396 e. The molecule has 0 atom stereocenters. The number of carbonyl (C=O) groups is 1. The first kappa shape index (κ1) is 14.5. The van der Waals surface area contributed by atoms with Gasteiger partial charge < -0.3 is 10.4 Å². The summed E-state index contributed by atoms with van der Waals surface area (Å²) in [5.41, 5.74) is -0.251. The lowest BCUT2D eigenvalue weighted by molar-refractivity contribution is -0.121. The van der Waals surface area contributed by atoms with Crippen LogP contribution in [0.3, 0.4) is 0 Å². The first-order valence-corrected chi connectivity index (χ1v) is 5.55. The van der Waals surface area contributed by atoms with Crippen molar-refractivity contribution >= 4 is 5.91 Å². The Morgan fingerprint density at radius 1 is 1.22 bits per heavy atom. The molecule has 1 rings (SSSR count). The highest BCUT2D eigenvalue weighted by Crippen LogP contribution is 2.14. The van der Waals surface area contributed by atoms with Crippen LogP contribution >= 0.6 is 0 Å². The number of rotatable bonds is 6. The summed E-state index contributed by atoms with van der Waals surface area (Å²) >= 11 is 0. The van der Waals surface area contributed by atoms with E-state index in [4.69, 9.17) is 5.11 Å². The van der Waals surface area contributed by atoms with E-state index in [1.165, 1.54) is 0 Å². The van der Waals surface area contributed by atoms with Crippen LogP contribution in [0.15, 0.2) is 12.1 Å². The van der Waals surface area contributed by atoms with Gasteiger partial charge in [0.15, 0.2) is 0 Å². The van der Waals surface area contributed by atoms with E-state index in [1.54, 1.807) is 0 Å². The van der Waals surface area contributed by atoms with Crippen LogP contribution in [-0.4, -0.2) is 24.2 Å². The van der Waals surface area contributed by atoms with Gasteiger partial charge in [-0.15, -0.1) is 0 Å². The third-order valence-corrected chi connectivity index (χ3v) is 2.36. The van der Waals surface area contributed by atoms with Gasteiger partial charge in [0.05, 0.1) is 0 Å². The number of benzene rings is 1. The molecule has 1 amide bonds. The standard InChI is InChI=1S/C12H14F3NO2/c13-8-6-10(14)9(11(15)7-8)3-4-16-12(18)2-1-5-17/h6-7,17H,1-5H2,(H,16,18). The van der Waals surface area contributed by atoms with Gasteiger partial charge in [0.1, 0.15) is 17.5 Å². The fraction of sp³-hybridized carbons (Fsp3) is 0.417. The highest BCUT2D eigenvalue weighted by Gasteiger charge is 2.11. The normalized spacial score (nSPS) is 10.4. The Morgan fingerprint density at radius 3 is 2.39 bits per heavy atom. The smallest absolute Gasteiger partial charge is 0.220 e. The van der Waals surface area contributed by atoms with Crippen molar-refractivity contribution in [2.45, 2.75) is 19.3 Å². The van der Waals surface area contributed by atoms with Crippen LogP contribution < -0.4 is 5.32 Å². The van der Waals surface area contributed by atoms with E-state index in [-0.39, 0.29) is 37.5 Å². The minimum atomic E-state index is -0.972. The lowest BCUT2D eigenvalue weighted by atomic mass is 10.1. The lowest BCUT2D eigenvalue weighted by Gasteiger charge is -2.07. The first-order valence-electron chi connectivity index (χ1n) is 5.55. The molecule has 0 saturated carbocycles. The molecule has 0 saturated heterocycles. The maximum absolute atomic E-state index is 13.2. The van der Waals surface area contributed by atoms with Gasteiger partial charge >= 0.3 is 0 Å². The summed E-state index contributed by atoms with van der Waals surface area (Å²) in [6, 6.07) is 1.21. The second-order valence-electron chi connectivity index (χ2n) is 3.78. The fourth-order valence-corrected chi connectivity index (χ4v) is 1.47. The fourth-order valence-electron chi connectivity index (χ4n) is 1.47. The average molecular weight is 261 g/mol. The van der Waals surface area contributed by atoms with Crippen LogP contribution in [0.25, 0.3) is 0 Å². The van der Waals surface area contributed by atoms with Crippen LogP contribution in [0.5, 0.6) is 0 Å². The third-order valence-electron chi connectivity index (χ3n) is 2.36. The van der Waals surface area contributed by atoms with Crippen molar-refractivity contribution in [2.24, 2.45) is 0 Å². The van der Waals surface area contributed by atoms with Crippen molar-refractivity contribution in [2.75, 3.05) is 13.2 Å². The topological polar surface area (TPSA) is 49.3 Å². The Labute approximate surface area is 103 Å². The molecule has 2 N–H and O–H groups in total. The summed E-state index contributed by atoms with van der Waals surface area (Å²) in [7, 11) is 0. The Kier molecular flexibility index (Phi) is 5.64. The number of hydrogen-bond donors (Lipinski definition) is 2. The second kappa shape index (κ2) is 7.00. The van der Waals surface area contributed by atoms with Crippen molar-refractivity contribution < 1.29 is 23.1 Å². The molecule has 100 valence electrons. The van der Waals surface area contributed by atoms with E-state index in [1.807, 2.05) is 0 Å². The molecule has 3 nitrogen and oxygen atoms in total.